The molecule has 0 saturated heterocycles. The van der Waals surface area contributed by atoms with E-state index in [-0.39, 0.29) is 17.1 Å². The van der Waals surface area contributed by atoms with Crippen LogP contribution in [0.15, 0.2) is 65.4 Å². The highest BCUT2D eigenvalue weighted by Crippen LogP contribution is 2.37. The molecule has 0 aliphatic carbocycles. The van der Waals surface area contributed by atoms with Crippen molar-refractivity contribution >= 4 is 46.8 Å². The van der Waals surface area contributed by atoms with Gasteiger partial charge in [-0.05, 0) is 80.9 Å². The number of anilines is 1. The number of rotatable bonds is 5. The summed E-state index contributed by atoms with van der Waals surface area (Å²) in [5.74, 6) is -0.227. The minimum absolute atomic E-state index is 0.225. The van der Waals surface area contributed by atoms with E-state index in [1.165, 1.54) is 12.0 Å². The van der Waals surface area contributed by atoms with E-state index in [2.05, 4.69) is 0 Å². The van der Waals surface area contributed by atoms with E-state index >= 15 is 0 Å². The molecule has 3 aromatic rings. The lowest BCUT2D eigenvalue weighted by molar-refractivity contribution is -0.136. The topological polar surface area (TPSA) is 60.8 Å². The molecular weight excluding hydrogens is 487 g/mol. The lowest BCUT2D eigenvalue weighted by Gasteiger charge is -2.18. The molecule has 0 atom stereocenters. The summed E-state index contributed by atoms with van der Waals surface area (Å²) in [7, 11) is 2.88. The number of methoxy groups -OCH3 is 2. The summed E-state index contributed by atoms with van der Waals surface area (Å²) in [6, 6.07) is 14.3. The normalized spacial score (nSPS) is 14.8. The third kappa shape index (κ3) is 4.35. The van der Waals surface area contributed by atoms with E-state index in [9.17, 15) is 9.59 Å². The number of aromatic nitrogens is 1. The van der Waals surface area contributed by atoms with Crippen molar-refractivity contribution in [2.24, 2.45) is 0 Å². The van der Waals surface area contributed by atoms with Crippen LogP contribution in [0.1, 0.15) is 23.9 Å². The number of carbonyl (C=O) groups excluding carboxylic acids is 2. The molecule has 0 unspecified atom stereocenters. The van der Waals surface area contributed by atoms with Gasteiger partial charge in [-0.3, -0.25) is 9.69 Å². The molecule has 1 aliphatic rings. The maximum absolute atomic E-state index is 13.6. The van der Waals surface area contributed by atoms with E-state index < -0.39 is 5.97 Å². The lowest BCUT2D eigenvalue weighted by Crippen LogP contribution is -2.24. The smallest absolute Gasteiger partial charge is 0.340 e. The summed E-state index contributed by atoms with van der Waals surface area (Å²) in [5, 5.41) is 1.05. The van der Waals surface area contributed by atoms with E-state index in [4.69, 9.17) is 32.7 Å². The number of hydrogen-bond donors (Lipinski definition) is 0. The number of hydrogen-bond acceptors (Lipinski definition) is 4. The second-order valence-corrected chi connectivity index (χ2v) is 8.95. The Kier molecular flexibility index (Phi) is 6.79. The average molecular weight is 511 g/mol. The van der Waals surface area contributed by atoms with Crippen LogP contribution in [0.3, 0.4) is 0 Å². The first-order valence-electron chi connectivity index (χ1n) is 10.8. The number of benzene rings is 2. The van der Waals surface area contributed by atoms with Crippen LogP contribution < -0.4 is 9.64 Å². The molecule has 8 heteroatoms. The zero-order valence-corrected chi connectivity index (χ0v) is 21.5. The zero-order valence-electron chi connectivity index (χ0n) is 20.0. The van der Waals surface area contributed by atoms with E-state index in [1.54, 1.807) is 56.5 Å². The van der Waals surface area contributed by atoms with Crippen molar-refractivity contribution in [3.8, 4) is 11.4 Å². The van der Waals surface area contributed by atoms with E-state index in [0.29, 0.717) is 27.2 Å². The molecule has 0 N–H and O–H groups in total. The highest BCUT2D eigenvalue weighted by Gasteiger charge is 2.38. The van der Waals surface area contributed by atoms with E-state index in [1.807, 2.05) is 30.5 Å². The number of allylic oxidation sites excluding steroid dienone is 1. The van der Waals surface area contributed by atoms with Crippen molar-refractivity contribution in [2.45, 2.75) is 20.8 Å². The Bertz CT molecular complexity index is 1400. The number of carbonyl (C=O) groups is 2. The summed E-state index contributed by atoms with van der Waals surface area (Å²) in [6.45, 7) is 5.60. The summed E-state index contributed by atoms with van der Waals surface area (Å²) in [6.07, 6.45) is 1.73. The fraction of sp³-hybridized carbons (Fsp3) is 0.185. The molecule has 1 aromatic heterocycles. The fourth-order valence-electron chi connectivity index (χ4n) is 4.34. The standard InChI is InChI=1S/C27H24Cl2N2O4/c1-15-12-18(16(2)30(15)24-11-6-19(28)14-23(24)29)13-22-25(27(33)35-5)17(3)31(26(22)32)20-7-9-21(34-4)10-8-20/h6-14H,1-5H3/b22-13-. The summed E-state index contributed by atoms with van der Waals surface area (Å²) in [5.41, 5.74) is 4.92. The van der Waals surface area contributed by atoms with Gasteiger partial charge >= 0.3 is 5.97 Å². The quantitative estimate of drug-likeness (QED) is 0.299. The SMILES string of the molecule is COC(=O)C1=C(C)N(c2ccc(OC)cc2)C(=O)/C1=C\c1cc(C)n(-c2ccc(Cl)cc2Cl)c1C. The predicted molar refractivity (Wildman–Crippen MR) is 138 cm³/mol. The minimum atomic E-state index is -0.576. The van der Waals surface area contributed by atoms with Crippen LogP contribution >= 0.6 is 23.2 Å². The van der Waals surface area contributed by atoms with Gasteiger partial charge in [-0.15, -0.1) is 0 Å². The van der Waals surface area contributed by atoms with Gasteiger partial charge in [-0.2, -0.15) is 0 Å². The lowest BCUT2D eigenvalue weighted by atomic mass is 10.0. The molecule has 0 radical (unpaired) electrons. The van der Waals surface area contributed by atoms with Crippen LogP contribution in [0.2, 0.25) is 10.0 Å². The molecule has 2 aromatic carbocycles. The molecule has 0 bridgehead atoms. The van der Waals surface area contributed by atoms with Crippen LogP contribution in [0.4, 0.5) is 5.69 Å². The van der Waals surface area contributed by atoms with Gasteiger partial charge in [0.25, 0.3) is 5.91 Å². The van der Waals surface area contributed by atoms with E-state index in [0.717, 1.165) is 22.6 Å². The van der Waals surface area contributed by atoms with Gasteiger partial charge in [0.15, 0.2) is 0 Å². The van der Waals surface area contributed by atoms with Gasteiger partial charge in [0.05, 0.1) is 36.1 Å². The molecular formula is C27H24Cl2N2O4. The molecule has 2 heterocycles. The van der Waals surface area contributed by atoms with Gasteiger partial charge in [-0.1, -0.05) is 23.2 Å². The predicted octanol–water partition coefficient (Wildman–Crippen LogP) is 6.29. The highest BCUT2D eigenvalue weighted by atomic mass is 35.5. The molecule has 0 fully saturated rings. The van der Waals surface area contributed by atoms with Gasteiger partial charge in [0, 0.05) is 27.8 Å². The number of esters is 1. The Labute approximate surface area is 214 Å². The van der Waals surface area contributed by atoms with Crippen LogP contribution in [0.25, 0.3) is 11.8 Å². The van der Waals surface area contributed by atoms with Crippen LogP contribution in [0, 0.1) is 13.8 Å². The second-order valence-electron chi connectivity index (χ2n) is 8.11. The first-order valence-corrected chi connectivity index (χ1v) is 11.6. The number of nitrogens with zero attached hydrogens (tertiary/aromatic N) is 2. The Hall–Kier alpha value is -3.48. The Morgan fingerprint density at radius 2 is 1.66 bits per heavy atom. The van der Waals surface area contributed by atoms with Crippen molar-refractivity contribution < 1.29 is 19.1 Å². The third-order valence-corrected chi connectivity index (χ3v) is 6.58. The van der Waals surface area contributed by atoms with Crippen molar-refractivity contribution in [1.29, 1.82) is 0 Å². The van der Waals surface area contributed by atoms with Crippen LogP contribution in [0.5, 0.6) is 5.75 Å². The second kappa shape index (κ2) is 9.64. The number of halogens is 2. The molecule has 180 valence electrons. The van der Waals surface area contributed by atoms with Gasteiger partial charge in [0.2, 0.25) is 0 Å². The van der Waals surface area contributed by atoms with Crippen molar-refractivity contribution in [1.82, 2.24) is 4.57 Å². The maximum Gasteiger partial charge on any atom is 0.340 e. The van der Waals surface area contributed by atoms with Crippen molar-refractivity contribution in [3.63, 3.8) is 0 Å². The molecule has 0 spiro atoms. The molecule has 0 saturated carbocycles. The molecule has 6 nitrogen and oxygen atoms in total. The monoisotopic (exact) mass is 510 g/mol. The Morgan fingerprint density at radius 1 is 0.971 bits per heavy atom. The summed E-state index contributed by atoms with van der Waals surface area (Å²) in [4.78, 5) is 27.9. The van der Waals surface area contributed by atoms with Crippen molar-refractivity contribution in [3.05, 3.63) is 92.4 Å². The average Bonchev–Trinajstić information content (AvgIpc) is 3.25. The largest absolute Gasteiger partial charge is 0.497 e. The molecule has 35 heavy (non-hydrogen) atoms. The number of aryl methyl sites for hydroxylation is 1. The summed E-state index contributed by atoms with van der Waals surface area (Å²) < 4.78 is 12.2. The third-order valence-electron chi connectivity index (χ3n) is 6.04. The van der Waals surface area contributed by atoms with Gasteiger partial charge in [-0.25, -0.2) is 4.79 Å². The Morgan fingerprint density at radius 3 is 2.26 bits per heavy atom. The summed E-state index contributed by atoms with van der Waals surface area (Å²) >= 11 is 12.5. The highest BCUT2D eigenvalue weighted by molar-refractivity contribution is 6.35. The zero-order chi connectivity index (χ0) is 25.4. The first-order chi connectivity index (χ1) is 16.7. The number of amides is 1. The first kappa shape index (κ1) is 24.6. The molecule has 1 aliphatic heterocycles. The molecule has 4 rings (SSSR count). The van der Waals surface area contributed by atoms with Gasteiger partial charge < -0.3 is 14.0 Å². The Balaban J connectivity index is 1.84. The molecule has 1 amide bonds. The fourth-order valence-corrected chi connectivity index (χ4v) is 4.84. The maximum atomic E-state index is 13.6. The minimum Gasteiger partial charge on any atom is -0.497 e. The number of ether oxygens (including phenoxy) is 2. The van der Waals surface area contributed by atoms with Crippen LogP contribution in [-0.2, 0) is 14.3 Å². The van der Waals surface area contributed by atoms with Crippen LogP contribution in [-0.4, -0.2) is 30.7 Å². The van der Waals surface area contributed by atoms with Crippen molar-refractivity contribution in [2.75, 3.05) is 19.1 Å². The van der Waals surface area contributed by atoms with Gasteiger partial charge in [0.1, 0.15) is 5.75 Å².